The number of thioether (sulfide) groups is 1. The minimum Gasteiger partial charge on any atom is -0.486 e. The molecule has 0 radical (unpaired) electrons. The van der Waals surface area contributed by atoms with Crippen LogP contribution in [-0.4, -0.2) is 35.1 Å². The minimum absolute atomic E-state index is 0.0691. The second-order valence-electron chi connectivity index (χ2n) is 7.42. The molecule has 33 heavy (non-hydrogen) atoms. The number of fused-ring (bicyclic) bond motifs is 1. The number of hydrogen-bond acceptors (Lipinski definition) is 8. The van der Waals surface area contributed by atoms with Crippen molar-refractivity contribution in [2.75, 3.05) is 23.9 Å². The van der Waals surface area contributed by atoms with Gasteiger partial charge in [-0.1, -0.05) is 35.5 Å². The maximum atomic E-state index is 13.3. The number of ether oxygens (including phenoxy) is 2. The van der Waals surface area contributed by atoms with E-state index in [1.165, 1.54) is 11.8 Å². The van der Waals surface area contributed by atoms with Crippen molar-refractivity contribution < 1.29 is 18.7 Å². The van der Waals surface area contributed by atoms with E-state index in [1.807, 2.05) is 66.9 Å². The van der Waals surface area contributed by atoms with Gasteiger partial charge in [0.1, 0.15) is 13.2 Å². The van der Waals surface area contributed by atoms with Crippen molar-refractivity contribution >= 4 is 34.7 Å². The van der Waals surface area contributed by atoms with Crippen molar-refractivity contribution in [1.29, 1.82) is 0 Å². The van der Waals surface area contributed by atoms with E-state index in [1.54, 1.807) is 16.2 Å². The number of carbonyl (C=O) groups excluding carboxylic acids is 1. The molecule has 0 aliphatic carbocycles. The van der Waals surface area contributed by atoms with Crippen LogP contribution >= 0.6 is 23.1 Å². The minimum atomic E-state index is -0.0691. The quantitative estimate of drug-likeness (QED) is 0.337. The first-order valence-corrected chi connectivity index (χ1v) is 12.3. The lowest BCUT2D eigenvalue weighted by atomic mass is 10.1. The summed E-state index contributed by atoms with van der Waals surface area (Å²) in [6, 6.07) is 17.4. The van der Waals surface area contributed by atoms with E-state index < -0.39 is 0 Å². The molecular weight excluding hydrogens is 458 g/mol. The predicted octanol–water partition coefficient (Wildman–Crippen LogP) is 5.20. The van der Waals surface area contributed by atoms with E-state index in [0.717, 1.165) is 21.7 Å². The van der Waals surface area contributed by atoms with Gasteiger partial charge in [-0.05, 0) is 42.6 Å². The largest absolute Gasteiger partial charge is 0.486 e. The highest BCUT2D eigenvalue weighted by atomic mass is 32.2. The normalized spacial score (nSPS) is 12.5. The van der Waals surface area contributed by atoms with Crippen LogP contribution in [0.5, 0.6) is 11.5 Å². The number of thiophene rings is 1. The van der Waals surface area contributed by atoms with Crippen molar-refractivity contribution in [1.82, 2.24) is 10.2 Å². The summed E-state index contributed by atoms with van der Waals surface area (Å²) in [4.78, 5) is 16.1. The van der Waals surface area contributed by atoms with Crippen LogP contribution in [0.3, 0.4) is 0 Å². The smallest absolute Gasteiger partial charge is 0.277 e. The van der Waals surface area contributed by atoms with Crippen molar-refractivity contribution in [3.63, 3.8) is 0 Å². The number of hydrogen-bond donors (Lipinski definition) is 0. The molecule has 5 rings (SSSR count). The Morgan fingerprint density at radius 3 is 2.76 bits per heavy atom. The van der Waals surface area contributed by atoms with Crippen LogP contribution in [0.1, 0.15) is 10.4 Å². The van der Waals surface area contributed by atoms with Crippen LogP contribution < -0.4 is 14.4 Å². The van der Waals surface area contributed by atoms with E-state index in [9.17, 15) is 4.79 Å². The molecule has 0 unspecified atom stereocenters. The summed E-state index contributed by atoms with van der Waals surface area (Å²) in [5.41, 5.74) is 2.72. The Bertz CT molecular complexity index is 1260. The van der Waals surface area contributed by atoms with E-state index in [4.69, 9.17) is 13.9 Å². The fourth-order valence-electron chi connectivity index (χ4n) is 3.45. The lowest BCUT2D eigenvalue weighted by molar-refractivity contribution is -0.116. The molecule has 0 N–H and O–H groups in total. The first-order chi connectivity index (χ1) is 16.2. The maximum Gasteiger partial charge on any atom is 0.277 e. The Morgan fingerprint density at radius 2 is 1.94 bits per heavy atom. The molecule has 9 heteroatoms. The van der Waals surface area contributed by atoms with Crippen molar-refractivity contribution in [3.05, 3.63) is 70.4 Å². The van der Waals surface area contributed by atoms with Gasteiger partial charge in [0.15, 0.2) is 11.5 Å². The first-order valence-electron chi connectivity index (χ1n) is 10.4. The van der Waals surface area contributed by atoms with Crippen molar-refractivity contribution in [2.45, 2.75) is 18.7 Å². The fraction of sp³-hybridized carbons (Fsp3) is 0.208. The molecular formula is C24H21N3O4S2. The van der Waals surface area contributed by atoms with E-state index in [0.29, 0.717) is 42.4 Å². The van der Waals surface area contributed by atoms with Gasteiger partial charge in [0.25, 0.3) is 5.22 Å². The summed E-state index contributed by atoms with van der Waals surface area (Å²) in [5.74, 6) is 1.87. The molecule has 7 nitrogen and oxygen atoms in total. The second kappa shape index (κ2) is 9.68. The summed E-state index contributed by atoms with van der Waals surface area (Å²) >= 11 is 2.84. The van der Waals surface area contributed by atoms with Gasteiger partial charge in [-0.3, -0.25) is 4.79 Å². The number of aryl methyl sites for hydroxylation is 1. The highest BCUT2D eigenvalue weighted by Gasteiger charge is 2.21. The van der Waals surface area contributed by atoms with Gasteiger partial charge in [0, 0.05) is 22.2 Å². The van der Waals surface area contributed by atoms with Gasteiger partial charge in [-0.25, -0.2) is 0 Å². The lowest BCUT2D eigenvalue weighted by Crippen LogP contribution is -2.31. The van der Waals surface area contributed by atoms with Crippen LogP contribution in [0.15, 0.2) is 69.6 Å². The summed E-state index contributed by atoms with van der Waals surface area (Å²) in [5, 5.41) is 10.6. The van der Waals surface area contributed by atoms with Crippen molar-refractivity contribution in [2.24, 2.45) is 0 Å². The number of anilines is 1. The van der Waals surface area contributed by atoms with Gasteiger partial charge in [0.2, 0.25) is 11.8 Å². The highest BCUT2D eigenvalue weighted by molar-refractivity contribution is 7.99. The zero-order valence-corrected chi connectivity index (χ0v) is 19.5. The number of nitrogens with zero attached hydrogens (tertiary/aromatic N) is 3. The average Bonchev–Trinajstić information content (AvgIpc) is 3.53. The number of rotatable bonds is 7. The Hall–Kier alpha value is -3.30. The number of carbonyl (C=O) groups is 1. The molecule has 168 valence electrons. The van der Waals surface area contributed by atoms with Crippen molar-refractivity contribution in [3.8, 4) is 23.0 Å². The van der Waals surface area contributed by atoms with E-state index in [-0.39, 0.29) is 11.7 Å². The molecule has 4 aromatic rings. The molecule has 1 amide bonds. The number of benzene rings is 2. The van der Waals surface area contributed by atoms with Gasteiger partial charge in [-0.15, -0.1) is 21.5 Å². The lowest BCUT2D eigenvalue weighted by Gasteiger charge is -2.25. The second-order valence-corrected chi connectivity index (χ2v) is 9.38. The summed E-state index contributed by atoms with van der Waals surface area (Å²) < 4.78 is 17.1. The Kier molecular flexibility index (Phi) is 6.32. The van der Waals surface area contributed by atoms with Crippen LogP contribution in [-0.2, 0) is 11.3 Å². The molecule has 0 saturated heterocycles. The molecule has 0 bridgehead atoms. The summed E-state index contributed by atoms with van der Waals surface area (Å²) in [6.07, 6.45) is 0. The van der Waals surface area contributed by atoms with Gasteiger partial charge in [0.05, 0.1) is 12.3 Å². The fourth-order valence-corrected chi connectivity index (χ4v) is 4.78. The van der Waals surface area contributed by atoms with E-state index >= 15 is 0 Å². The molecule has 0 spiro atoms. The molecule has 3 heterocycles. The molecule has 0 atom stereocenters. The maximum absolute atomic E-state index is 13.3. The Morgan fingerprint density at radius 1 is 1.06 bits per heavy atom. The molecule has 0 saturated carbocycles. The topological polar surface area (TPSA) is 77.7 Å². The van der Waals surface area contributed by atoms with Crippen LogP contribution in [0, 0.1) is 6.92 Å². The SMILES string of the molecule is Cc1cccc(-c2nnc(SCC(=O)N(Cc3cccs3)c3ccc4c(c3)OCCO4)o2)c1. The standard InChI is InChI=1S/C24H21N3O4S2/c1-16-4-2-5-17(12-16)23-25-26-24(31-23)33-15-22(28)27(14-19-6-3-11-32-19)18-7-8-20-21(13-18)30-10-9-29-20/h2-8,11-13H,9-10,14-15H2,1H3. The van der Waals surface area contributed by atoms with Crippen LogP contribution in [0.25, 0.3) is 11.5 Å². The molecule has 1 aliphatic rings. The Labute approximate surface area is 199 Å². The summed E-state index contributed by atoms with van der Waals surface area (Å²) in [6.45, 7) is 3.49. The predicted molar refractivity (Wildman–Crippen MR) is 128 cm³/mol. The third kappa shape index (κ3) is 5.04. The van der Waals surface area contributed by atoms with E-state index in [2.05, 4.69) is 10.2 Å². The zero-order valence-electron chi connectivity index (χ0n) is 17.9. The Balaban J connectivity index is 1.32. The van der Waals surface area contributed by atoms with Crippen LogP contribution in [0.4, 0.5) is 5.69 Å². The average molecular weight is 480 g/mol. The van der Waals surface area contributed by atoms with Gasteiger partial charge < -0.3 is 18.8 Å². The third-order valence-corrected chi connectivity index (χ3v) is 6.69. The highest BCUT2D eigenvalue weighted by Crippen LogP contribution is 2.35. The third-order valence-electron chi connectivity index (χ3n) is 5.02. The number of amides is 1. The van der Waals surface area contributed by atoms with Gasteiger partial charge >= 0.3 is 0 Å². The molecule has 0 fully saturated rings. The summed E-state index contributed by atoms with van der Waals surface area (Å²) in [7, 11) is 0. The molecule has 1 aliphatic heterocycles. The molecule has 2 aromatic carbocycles. The number of aromatic nitrogens is 2. The van der Waals surface area contributed by atoms with Crippen LogP contribution in [0.2, 0.25) is 0 Å². The monoisotopic (exact) mass is 479 g/mol. The van der Waals surface area contributed by atoms with Gasteiger partial charge in [-0.2, -0.15) is 0 Å². The molecule has 2 aromatic heterocycles. The first kappa shape index (κ1) is 21.5. The zero-order chi connectivity index (χ0) is 22.6.